The predicted octanol–water partition coefficient (Wildman–Crippen LogP) is 5.91. The molecule has 0 aliphatic carbocycles. The van der Waals surface area contributed by atoms with Gasteiger partial charge in [-0.3, -0.25) is 14.7 Å². The van der Waals surface area contributed by atoms with Gasteiger partial charge in [-0.05, 0) is 55.3 Å². The van der Waals surface area contributed by atoms with Crippen molar-refractivity contribution in [3.8, 4) is 5.75 Å². The van der Waals surface area contributed by atoms with Crippen molar-refractivity contribution in [1.82, 2.24) is 9.97 Å². The summed E-state index contributed by atoms with van der Waals surface area (Å²) in [4.78, 5) is 24.5. The molecule has 6 nitrogen and oxygen atoms in total. The van der Waals surface area contributed by atoms with Crippen LogP contribution >= 0.6 is 11.3 Å². The molecule has 160 valence electrons. The monoisotopic (exact) mass is 443 g/mol. The second kappa shape index (κ2) is 8.09. The molecule has 5 aromatic rings. The van der Waals surface area contributed by atoms with E-state index in [2.05, 4.69) is 24.0 Å². The number of hydrogen-bond donors (Lipinski definition) is 0. The Morgan fingerprint density at radius 2 is 2.00 bits per heavy atom. The van der Waals surface area contributed by atoms with Gasteiger partial charge in [0.15, 0.2) is 22.2 Å². The SMILES string of the molecule is COc1cccc2cc(C(=O)N(Cc3ccccn3)c3nc4c(C)cc(C)cc4s3)oc12. The molecule has 0 atom stereocenters. The lowest BCUT2D eigenvalue weighted by Crippen LogP contribution is -2.30. The quantitative estimate of drug-likeness (QED) is 0.338. The van der Waals surface area contributed by atoms with Gasteiger partial charge in [-0.25, -0.2) is 4.98 Å². The summed E-state index contributed by atoms with van der Waals surface area (Å²) in [5.41, 5.74) is 4.47. The van der Waals surface area contributed by atoms with E-state index in [9.17, 15) is 4.79 Å². The smallest absolute Gasteiger partial charge is 0.296 e. The van der Waals surface area contributed by atoms with E-state index >= 15 is 0 Å². The second-order valence-corrected chi connectivity index (χ2v) is 8.64. The highest BCUT2D eigenvalue weighted by Gasteiger charge is 2.26. The number of furan rings is 1. The summed E-state index contributed by atoms with van der Waals surface area (Å²) in [6.07, 6.45) is 1.72. The number of nitrogens with zero attached hydrogens (tertiary/aromatic N) is 3. The van der Waals surface area contributed by atoms with Gasteiger partial charge in [-0.15, -0.1) is 0 Å². The third-order valence-electron chi connectivity index (χ3n) is 5.28. The zero-order valence-corrected chi connectivity index (χ0v) is 18.8. The van der Waals surface area contributed by atoms with Crippen molar-refractivity contribution in [3.63, 3.8) is 0 Å². The van der Waals surface area contributed by atoms with E-state index in [1.807, 2.05) is 43.3 Å². The Morgan fingerprint density at radius 1 is 1.12 bits per heavy atom. The first kappa shape index (κ1) is 20.2. The summed E-state index contributed by atoms with van der Waals surface area (Å²) < 4.78 is 12.4. The van der Waals surface area contributed by atoms with Crippen LogP contribution in [0, 0.1) is 13.8 Å². The van der Waals surface area contributed by atoms with Crippen LogP contribution in [0.4, 0.5) is 5.13 Å². The topological polar surface area (TPSA) is 68.5 Å². The average Bonchev–Trinajstić information content (AvgIpc) is 3.42. The molecular formula is C25H21N3O3S. The molecule has 0 bridgehead atoms. The van der Waals surface area contributed by atoms with Gasteiger partial charge in [-0.1, -0.05) is 35.6 Å². The number of aromatic nitrogens is 2. The first-order chi connectivity index (χ1) is 15.5. The normalized spacial score (nSPS) is 11.2. The zero-order chi connectivity index (χ0) is 22.2. The summed E-state index contributed by atoms with van der Waals surface area (Å²) in [7, 11) is 1.58. The number of rotatable bonds is 5. The number of carbonyl (C=O) groups is 1. The van der Waals surface area contributed by atoms with Gasteiger partial charge in [0, 0.05) is 11.6 Å². The fourth-order valence-corrected chi connectivity index (χ4v) is 4.93. The Labute approximate surface area is 189 Å². The summed E-state index contributed by atoms with van der Waals surface area (Å²) in [5, 5.41) is 1.41. The van der Waals surface area contributed by atoms with Crippen LogP contribution in [0.25, 0.3) is 21.2 Å². The molecule has 0 saturated carbocycles. The van der Waals surface area contributed by atoms with Crippen LogP contribution in [0.5, 0.6) is 5.75 Å². The van der Waals surface area contributed by atoms with Crippen molar-refractivity contribution >= 4 is 43.6 Å². The maximum Gasteiger partial charge on any atom is 0.296 e. The molecule has 3 aromatic heterocycles. The van der Waals surface area contributed by atoms with Crippen LogP contribution in [0.1, 0.15) is 27.4 Å². The van der Waals surface area contributed by atoms with Gasteiger partial charge in [0.1, 0.15) is 0 Å². The van der Waals surface area contributed by atoms with E-state index in [4.69, 9.17) is 14.1 Å². The molecule has 0 unspecified atom stereocenters. The minimum atomic E-state index is -0.276. The Hall–Kier alpha value is -3.71. The van der Waals surface area contributed by atoms with Gasteiger partial charge in [0.2, 0.25) is 0 Å². The molecule has 0 aliphatic heterocycles. The first-order valence-electron chi connectivity index (χ1n) is 10.2. The molecule has 3 heterocycles. The third kappa shape index (κ3) is 3.61. The predicted molar refractivity (Wildman–Crippen MR) is 127 cm³/mol. The van der Waals surface area contributed by atoms with E-state index in [-0.39, 0.29) is 18.2 Å². The largest absolute Gasteiger partial charge is 0.493 e. The van der Waals surface area contributed by atoms with E-state index in [0.717, 1.165) is 32.4 Å². The number of hydrogen-bond acceptors (Lipinski definition) is 6. The van der Waals surface area contributed by atoms with Crippen molar-refractivity contribution < 1.29 is 13.9 Å². The van der Waals surface area contributed by atoms with Crippen LogP contribution in [0.3, 0.4) is 0 Å². The Balaban J connectivity index is 1.61. The van der Waals surface area contributed by atoms with Crippen molar-refractivity contribution in [1.29, 1.82) is 0 Å². The summed E-state index contributed by atoms with van der Waals surface area (Å²) in [6, 6.07) is 17.2. The van der Waals surface area contributed by atoms with Crippen molar-refractivity contribution in [2.45, 2.75) is 20.4 Å². The van der Waals surface area contributed by atoms with Crippen molar-refractivity contribution in [2.24, 2.45) is 0 Å². The summed E-state index contributed by atoms with van der Waals surface area (Å²) in [5.74, 6) is 0.541. The van der Waals surface area contributed by atoms with Crippen LogP contribution in [0.2, 0.25) is 0 Å². The number of aryl methyl sites for hydroxylation is 2. The second-order valence-electron chi connectivity index (χ2n) is 7.63. The minimum absolute atomic E-state index is 0.229. The Bertz CT molecular complexity index is 1440. The molecule has 0 saturated heterocycles. The number of carbonyl (C=O) groups excluding carboxylic acids is 1. The van der Waals surface area contributed by atoms with Crippen molar-refractivity contribution in [2.75, 3.05) is 12.0 Å². The highest BCUT2D eigenvalue weighted by Crippen LogP contribution is 2.34. The van der Waals surface area contributed by atoms with Crippen molar-refractivity contribution in [3.05, 3.63) is 83.4 Å². The lowest BCUT2D eigenvalue weighted by atomic mass is 10.1. The summed E-state index contributed by atoms with van der Waals surface area (Å²) in [6.45, 7) is 4.38. The number of ether oxygens (including phenoxy) is 1. The minimum Gasteiger partial charge on any atom is -0.493 e. The van der Waals surface area contributed by atoms with Gasteiger partial charge >= 0.3 is 0 Å². The number of pyridine rings is 1. The molecule has 0 aliphatic rings. The number of fused-ring (bicyclic) bond motifs is 2. The lowest BCUT2D eigenvalue weighted by Gasteiger charge is -2.18. The molecule has 1 amide bonds. The van der Waals surface area contributed by atoms with E-state index in [0.29, 0.717) is 16.5 Å². The van der Waals surface area contributed by atoms with E-state index in [1.165, 1.54) is 11.3 Å². The van der Waals surface area contributed by atoms with Crippen LogP contribution in [-0.2, 0) is 6.54 Å². The molecule has 5 rings (SSSR count). The molecule has 32 heavy (non-hydrogen) atoms. The number of anilines is 1. The maximum atomic E-state index is 13.7. The number of amides is 1. The fourth-order valence-electron chi connectivity index (χ4n) is 3.79. The number of methoxy groups -OCH3 is 1. The molecule has 0 fully saturated rings. The number of thiazole rings is 1. The molecule has 0 N–H and O–H groups in total. The molecular weight excluding hydrogens is 422 g/mol. The first-order valence-corrected chi connectivity index (χ1v) is 11.0. The standard InChI is InChI=1S/C25H21N3O3S/c1-15-11-16(2)22-21(12-15)32-25(27-22)28(14-18-8-4-5-10-26-18)24(29)20-13-17-7-6-9-19(30-3)23(17)31-20/h4-13H,14H2,1-3H3. The van der Waals surface area contributed by atoms with Crippen LogP contribution < -0.4 is 9.64 Å². The van der Waals surface area contributed by atoms with Gasteiger partial charge < -0.3 is 9.15 Å². The molecule has 7 heteroatoms. The molecule has 2 aromatic carbocycles. The highest BCUT2D eigenvalue weighted by molar-refractivity contribution is 7.22. The summed E-state index contributed by atoms with van der Waals surface area (Å²) >= 11 is 1.49. The fraction of sp³-hybridized carbons (Fsp3) is 0.160. The lowest BCUT2D eigenvalue weighted by molar-refractivity contribution is 0.0960. The van der Waals surface area contributed by atoms with Crippen LogP contribution in [0.15, 0.2) is 65.2 Å². The molecule has 0 radical (unpaired) electrons. The maximum absolute atomic E-state index is 13.7. The van der Waals surface area contributed by atoms with Gasteiger partial charge in [0.05, 0.1) is 29.6 Å². The molecule has 0 spiro atoms. The average molecular weight is 444 g/mol. The Morgan fingerprint density at radius 3 is 2.78 bits per heavy atom. The number of para-hydroxylation sites is 1. The highest BCUT2D eigenvalue weighted by atomic mass is 32.1. The van der Waals surface area contributed by atoms with Gasteiger partial charge in [0.25, 0.3) is 5.91 Å². The van der Waals surface area contributed by atoms with Gasteiger partial charge in [-0.2, -0.15) is 0 Å². The number of benzene rings is 2. The van der Waals surface area contributed by atoms with Crippen LogP contribution in [-0.4, -0.2) is 23.0 Å². The third-order valence-corrected chi connectivity index (χ3v) is 6.30. The Kier molecular flexibility index (Phi) is 5.11. The van der Waals surface area contributed by atoms with E-state index in [1.54, 1.807) is 24.3 Å². The zero-order valence-electron chi connectivity index (χ0n) is 18.0. The van der Waals surface area contributed by atoms with E-state index < -0.39 is 0 Å².